The highest BCUT2D eigenvalue weighted by molar-refractivity contribution is 6.22. The molecular weight excluding hydrogens is 244 g/mol. The van der Waals surface area contributed by atoms with Gasteiger partial charge >= 0.3 is 0 Å². The molecule has 2 rings (SSSR count). The van der Waals surface area contributed by atoms with Gasteiger partial charge in [0.1, 0.15) is 6.54 Å². The van der Waals surface area contributed by atoms with Gasteiger partial charge in [-0.05, 0) is 32.9 Å². The van der Waals surface area contributed by atoms with Gasteiger partial charge in [0.05, 0.1) is 11.1 Å². The van der Waals surface area contributed by atoms with Gasteiger partial charge in [-0.2, -0.15) is 0 Å². The van der Waals surface area contributed by atoms with E-state index >= 15 is 0 Å². The van der Waals surface area contributed by atoms with Crippen LogP contribution in [-0.2, 0) is 4.79 Å². The molecule has 100 valence electrons. The molecule has 0 bridgehead atoms. The summed E-state index contributed by atoms with van der Waals surface area (Å²) >= 11 is 0. The van der Waals surface area contributed by atoms with Gasteiger partial charge in [0.25, 0.3) is 11.8 Å². The fourth-order valence-corrected chi connectivity index (χ4v) is 1.98. The summed E-state index contributed by atoms with van der Waals surface area (Å²) < 4.78 is 0. The Bertz CT molecular complexity index is 523. The van der Waals surface area contributed by atoms with E-state index in [-0.39, 0.29) is 12.5 Å². The van der Waals surface area contributed by atoms with Crippen molar-refractivity contribution >= 4 is 17.7 Å². The Morgan fingerprint density at radius 3 is 2.00 bits per heavy atom. The van der Waals surface area contributed by atoms with Crippen molar-refractivity contribution in [3.05, 3.63) is 35.4 Å². The molecular formula is C14H16N2O3. The lowest BCUT2D eigenvalue weighted by Gasteiger charge is -2.22. The van der Waals surface area contributed by atoms with Crippen molar-refractivity contribution < 1.29 is 14.4 Å². The Morgan fingerprint density at radius 2 is 1.58 bits per heavy atom. The van der Waals surface area contributed by atoms with Crippen LogP contribution in [0.2, 0.25) is 0 Å². The monoisotopic (exact) mass is 260 g/mol. The van der Waals surface area contributed by atoms with Crippen LogP contribution in [0.25, 0.3) is 0 Å². The van der Waals surface area contributed by atoms with Crippen LogP contribution in [0, 0.1) is 0 Å². The van der Waals surface area contributed by atoms with Gasteiger partial charge in [-0.15, -0.1) is 0 Å². The number of amides is 3. The minimum absolute atomic E-state index is 0.246. The van der Waals surface area contributed by atoms with Crippen molar-refractivity contribution in [3.63, 3.8) is 0 Å². The Labute approximate surface area is 111 Å². The molecule has 0 saturated heterocycles. The fraction of sp³-hybridized carbons (Fsp3) is 0.357. The van der Waals surface area contributed by atoms with Gasteiger partial charge in [-0.25, -0.2) is 0 Å². The first-order valence-corrected chi connectivity index (χ1v) is 6.06. The van der Waals surface area contributed by atoms with Crippen molar-refractivity contribution in [1.82, 2.24) is 10.2 Å². The van der Waals surface area contributed by atoms with Gasteiger partial charge in [0, 0.05) is 5.54 Å². The first kappa shape index (κ1) is 13.3. The SMILES string of the molecule is CC(C)(C)NC(=O)CN1C(=O)c2ccccc2C1=O. The van der Waals surface area contributed by atoms with Crippen molar-refractivity contribution in [2.45, 2.75) is 26.3 Å². The third-order valence-corrected chi connectivity index (χ3v) is 2.69. The Kier molecular flexibility index (Phi) is 3.14. The van der Waals surface area contributed by atoms with E-state index in [1.165, 1.54) is 0 Å². The van der Waals surface area contributed by atoms with E-state index < -0.39 is 17.4 Å². The number of hydrogen-bond acceptors (Lipinski definition) is 3. The van der Waals surface area contributed by atoms with Crippen LogP contribution in [-0.4, -0.2) is 34.7 Å². The van der Waals surface area contributed by atoms with Gasteiger partial charge in [-0.3, -0.25) is 19.3 Å². The molecule has 1 aromatic rings. The minimum Gasteiger partial charge on any atom is -0.350 e. The van der Waals surface area contributed by atoms with E-state index in [1.54, 1.807) is 24.3 Å². The summed E-state index contributed by atoms with van der Waals surface area (Å²) in [5.41, 5.74) is 0.322. The normalized spacial score (nSPS) is 14.6. The van der Waals surface area contributed by atoms with E-state index in [0.29, 0.717) is 11.1 Å². The molecule has 5 nitrogen and oxygen atoms in total. The molecule has 3 amide bonds. The largest absolute Gasteiger partial charge is 0.350 e. The van der Waals surface area contributed by atoms with Gasteiger partial charge in [0.15, 0.2) is 0 Å². The number of nitrogens with one attached hydrogen (secondary N) is 1. The highest BCUT2D eigenvalue weighted by Gasteiger charge is 2.36. The number of carbonyl (C=O) groups is 3. The van der Waals surface area contributed by atoms with E-state index in [0.717, 1.165) is 4.90 Å². The Balaban J connectivity index is 2.15. The number of nitrogens with zero attached hydrogens (tertiary/aromatic N) is 1. The van der Waals surface area contributed by atoms with Crippen LogP contribution in [0.5, 0.6) is 0 Å². The summed E-state index contributed by atoms with van der Waals surface area (Å²) in [5, 5.41) is 2.73. The molecule has 5 heteroatoms. The maximum atomic E-state index is 12.0. The van der Waals surface area contributed by atoms with E-state index in [4.69, 9.17) is 0 Å². The van der Waals surface area contributed by atoms with Gasteiger partial charge in [-0.1, -0.05) is 12.1 Å². The first-order chi connectivity index (χ1) is 8.79. The van der Waals surface area contributed by atoms with Crippen LogP contribution >= 0.6 is 0 Å². The quantitative estimate of drug-likeness (QED) is 0.812. The van der Waals surface area contributed by atoms with Crippen LogP contribution < -0.4 is 5.32 Å². The third-order valence-electron chi connectivity index (χ3n) is 2.69. The van der Waals surface area contributed by atoms with Crippen LogP contribution in [0.4, 0.5) is 0 Å². The molecule has 1 aliphatic rings. The fourth-order valence-electron chi connectivity index (χ4n) is 1.98. The summed E-state index contributed by atoms with van der Waals surface area (Å²) in [4.78, 5) is 36.8. The van der Waals surface area contributed by atoms with Gasteiger partial charge < -0.3 is 5.32 Å². The maximum Gasteiger partial charge on any atom is 0.262 e. The van der Waals surface area contributed by atoms with E-state index in [2.05, 4.69) is 5.32 Å². The molecule has 0 radical (unpaired) electrons. The molecule has 0 aliphatic carbocycles. The Morgan fingerprint density at radius 1 is 1.11 bits per heavy atom. The second-order valence-electron chi connectivity index (χ2n) is 5.54. The summed E-state index contributed by atoms with van der Waals surface area (Å²) in [6, 6.07) is 6.58. The highest BCUT2D eigenvalue weighted by Crippen LogP contribution is 2.21. The van der Waals surface area contributed by atoms with Crippen LogP contribution in [0.1, 0.15) is 41.5 Å². The molecule has 0 spiro atoms. The summed E-state index contributed by atoms with van der Waals surface area (Å²) in [5.74, 6) is -1.17. The number of rotatable bonds is 2. The Hall–Kier alpha value is -2.17. The van der Waals surface area contributed by atoms with Crippen LogP contribution in [0.3, 0.4) is 0 Å². The predicted octanol–water partition coefficient (Wildman–Crippen LogP) is 1.20. The maximum absolute atomic E-state index is 12.0. The lowest BCUT2D eigenvalue weighted by atomic mass is 10.1. The van der Waals surface area contributed by atoms with Crippen molar-refractivity contribution in [2.75, 3.05) is 6.54 Å². The number of hydrogen-bond donors (Lipinski definition) is 1. The molecule has 0 unspecified atom stereocenters. The molecule has 1 heterocycles. The zero-order chi connectivity index (χ0) is 14.2. The molecule has 0 atom stereocenters. The van der Waals surface area contributed by atoms with E-state index in [9.17, 15) is 14.4 Å². The highest BCUT2D eigenvalue weighted by atomic mass is 16.2. The third kappa shape index (κ3) is 2.65. The molecule has 1 aromatic carbocycles. The average Bonchev–Trinajstić information content (AvgIpc) is 2.53. The molecule has 19 heavy (non-hydrogen) atoms. The topological polar surface area (TPSA) is 66.5 Å². The number of fused-ring (bicyclic) bond motifs is 1. The van der Waals surface area contributed by atoms with Crippen molar-refractivity contribution in [3.8, 4) is 0 Å². The molecule has 0 fully saturated rings. The molecule has 1 aliphatic heterocycles. The van der Waals surface area contributed by atoms with Crippen molar-refractivity contribution in [2.24, 2.45) is 0 Å². The van der Waals surface area contributed by atoms with Crippen molar-refractivity contribution in [1.29, 1.82) is 0 Å². The molecule has 0 saturated carbocycles. The predicted molar refractivity (Wildman–Crippen MR) is 69.7 cm³/mol. The molecule has 0 aromatic heterocycles. The first-order valence-electron chi connectivity index (χ1n) is 6.06. The summed E-state index contributed by atoms with van der Waals surface area (Å²) in [6.45, 7) is 5.28. The number of carbonyl (C=O) groups excluding carboxylic acids is 3. The zero-order valence-corrected chi connectivity index (χ0v) is 11.2. The summed E-state index contributed by atoms with van der Waals surface area (Å²) in [7, 11) is 0. The van der Waals surface area contributed by atoms with E-state index in [1.807, 2.05) is 20.8 Å². The minimum atomic E-state index is -0.412. The van der Waals surface area contributed by atoms with Crippen LogP contribution in [0.15, 0.2) is 24.3 Å². The lowest BCUT2D eigenvalue weighted by Crippen LogP contribution is -2.47. The lowest BCUT2D eigenvalue weighted by molar-refractivity contribution is -0.122. The number of benzene rings is 1. The smallest absolute Gasteiger partial charge is 0.262 e. The average molecular weight is 260 g/mol. The second-order valence-corrected chi connectivity index (χ2v) is 5.54. The summed E-state index contributed by atoms with van der Waals surface area (Å²) in [6.07, 6.45) is 0. The van der Waals surface area contributed by atoms with Gasteiger partial charge in [0.2, 0.25) is 5.91 Å². The zero-order valence-electron chi connectivity index (χ0n) is 11.2. The number of imide groups is 1. The molecule has 1 N–H and O–H groups in total. The second kappa shape index (κ2) is 4.50. The standard InChI is InChI=1S/C14H16N2O3/c1-14(2,3)15-11(17)8-16-12(18)9-6-4-5-7-10(9)13(16)19/h4-7H,8H2,1-3H3,(H,15,17).